The van der Waals surface area contributed by atoms with Gasteiger partial charge in [0.15, 0.2) is 0 Å². The van der Waals surface area contributed by atoms with Crippen LogP contribution in [-0.2, 0) is 6.54 Å². The zero-order valence-electron chi connectivity index (χ0n) is 10.9. The molecule has 1 aliphatic rings. The Morgan fingerprint density at radius 2 is 1.94 bits per heavy atom. The molecule has 1 unspecified atom stereocenters. The van der Waals surface area contributed by atoms with E-state index < -0.39 is 0 Å². The molecule has 1 atom stereocenters. The Bertz CT molecular complexity index is 331. The standard InChI is InChI=1S/C15H24N2/c1-2-13-4-3-10-17(11-9-13)12-14-5-7-15(16)8-6-14/h5-8,13H,2-4,9-12,16H2,1H3. The van der Waals surface area contributed by atoms with Crippen LogP contribution in [0.5, 0.6) is 0 Å². The summed E-state index contributed by atoms with van der Waals surface area (Å²) >= 11 is 0. The highest BCUT2D eigenvalue weighted by atomic mass is 15.1. The number of nitrogen functional groups attached to an aromatic ring is 1. The molecule has 2 rings (SSSR count). The summed E-state index contributed by atoms with van der Waals surface area (Å²) in [6.07, 6.45) is 5.48. The molecule has 1 aromatic rings. The lowest BCUT2D eigenvalue weighted by molar-refractivity contribution is 0.272. The van der Waals surface area contributed by atoms with Crippen molar-refractivity contribution < 1.29 is 0 Å². The summed E-state index contributed by atoms with van der Waals surface area (Å²) in [5.74, 6) is 0.950. The van der Waals surface area contributed by atoms with E-state index in [0.717, 1.165) is 18.2 Å². The third-order valence-corrected chi connectivity index (χ3v) is 3.90. The summed E-state index contributed by atoms with van der Waals surface area (Å²) in [6.45, 7) is 5.90. The summed E-state index contributed by atoms with van der Waals surface area (Å²) < 4.78 is 0. The van der Waals surface area contributed by atoms with Gasteiger partial charge in [-0.15, -0.1) is 0 Å². The SMILES string of the molecule is CCC1CCCN(Cc2ccc(N)cc2)CC1. The van der Waals surface area contributed by atoms with Crippen LogP contribution in [0.1, 0.15) is 38.2 Å². The molecule has 0 saturated carbocycles. The fraction of sp³-hybridized carbons (Fsp3) is 0.600. The highest BCUT2D eigenvalue weighted by molar-refractivity contribution is 5.39. The Balaban J connectivity index is 1.88. The molecule has 0 bridgehead atoms. The Morgan fingerprint density at radius 3 is 2.65 bits per heavy atom. The molecule has 2 nitrogen and oxygen atoms in total. The van der Waals surface area contributed by atoms with E-state index in [2.05, 4.69) is 24.0 Å². The largest absolute Gasteiger partial charge is 0.399 e. The van der Waals surface area contributed by atoms with Gasteiger partial charge in [0, 0.05) is 12.2 Å². The van der Waals surface area contributed by atoms with Gasteiger partial charge >= 0.3 is 0 Å². The van der Waals surface area contributed by atoms with Crippen molar-refractivity contribution in [2.75, 3.05) is 18.8 Å². The van der Waals surface area contributed by atoms with Crippen molar-refractivity contribution >= 4 is 5.69 Å². The van der Waals surface area contributed by atoms with Crippen molar-refractivity contribution in [3.8, 4) is 0 Å². The molecule has 17 heavy (non-hydrogen) atoms. The minimum Gasteiger partial charge on any atom is -0.399 e. The summed E-state index contributed by atoms with van der Waals surface area (Å²) in [6, 6.07) is 8.30. The average molecular weight is 232 g/mol. The molecule has 0 amide bonds. The van der Waals surface area contributed by atoms with Crippen LogP contribution >= 0.6 is 0 Å². The second-order valence-electron chi connectivity index (χ2n) is 5.22. The van der Waals surface area contributed by atoms with Gasteiger partial charge < -0.3 is 5.73 Å². The highest BCUT2D eigenvalue weighted by Crippen LogP contribution is 2.21. The van der Waals surface area contributed by atoms with Crippen LogP contribution in [0.2, 0.25) is 0 Å². The molecular formula is C15H24N2. The molecule has 1 heterocycles. The number of anilines is 1. The third kappa shape index (κ3) is 3.74. The number of nitrogens with zero attached hydrogens (tertiary/aromatic N) is 1. The van der Waals surface area contributed by atoms with E-state index in [1.807, 2.05) is 12.1 Å². The van der Waals surface area contributed by atoms with Gasteiger partial charge in [0.1, 0.15) is 0 Å². The molecule has 94 valence electrons. The third-order valence-electron chi connectivity index (χ3n) is 3.90. The molecule has 1 aromatic carbocycles. The van der Waals surface area contributed by atoms with Crippen LogP contribution in [0, 0.1) is 5.92 Å². The molecule has 0 aliphatic carbocycles. The lowest BCUT2D eigenvalue weighted by Crippen LogP contribution is -2.24. The van der Waals surface area contributed by atoms with Crippen molar-refractivity contribution in [2.45, 2.75) is 39.2 Å². The second kappa shape index (κ2) is 6.06. The van der Waals surface area contributed by atoms with E-state index in [0.29, 0.717) is 0 Å². The lowest BCUT2D eigenvalue weighted by atomic mass is 9.98. The van der Waals surface area contributed by atoms with E-state index in [4.69, 9.17) is 5.73 Å². The average Bonchev–Trinajstić information content (AvgIpc) is 2.57. The summed E-state index contributed by atoms with van der Waals surface area (Å²) in [7, 11) is 0. The Labute approximate surface area is 105 Å². The minimum atomic E-state index is 0.857. The molecule has 0 spiro atoms. The van der Waals surface area contributed by atoms with E-state index in [1.54, 1.807) is 0 Å². The van der Waals surface area contributed by atoms with Gasteiger partial charge in [-0.3, -0.25) is 4.90 Å². The van der Waals surface area contributed by atoms with E-state index in [-0.39, 0.29) is 0 Å². The Kier molecular flexibility index (Phi) is 4.43. The first-order valence-corrected chi connectivity index (χ1v) is 6.84. The van der Waals surface area contributed by atoms with Gasteiger partial charge in [-0.25, -0.2) is 0 Å². The van der Waals surface area contributed by atoms with Gasteiger partial charge in [0.05, 0.1) is 0 Å². The van der Waals surface area contributed by atoms with Crippen molar-refractivity contribution in [1.82, 2.24) is 4.90 Å². The maximum Gasteiger partial charge on any atom is 0.0314 e. The quantitative estimate of drug-likeness (QED) is 0.810. The predicted molar refractivity (Wildman–Crippen MR) is 73.8 cm³/mol. The molecular weight excluding hydrogens is 208 g/mol. The van der Waals surface area contributed by atoms with Crippen LogP contribution in [0.3, 0.4) is 0 Å². The maximum atomic E-state index is 5.71. The van der Waals surface area contributed by atoms with Gasteiger partial charge in [0.25, 0.3) is 0 Å². The van der Waals surface area contributed by atoms with Gasteiger partial charge in [0.2, 0.25) is 0 Å². The summed E-state index contributed by atoms with van der Waals surface area (Å²) in [5.41, 5.74) is 7.95. The van der Waals surface area contributed by atoms with Gasteiger partial charge in [-0.2, -0.15) is 0 Å². The van der Waals surface area contributed by atoms with Gasteiger partial charge in [-0.1, -0.05) is 25.5 Å². The monoisotopic (exact) mass is 232 g/mol. The first kappa shape index (κ1) is 12.4. The summed E-state index contributed by atoms with van der Waals surface area (Å²) in [5, 5.41) is 0. The fourth-order valence-corrected chi connectivity index (χ4v) is 2.67. The topological polar surface area (TPSA) is 29.3 Å². The Morgan fingerprint density at radius 1 is 1.18 bits per heavy atom. The molecule has 1 fully saturated rings. The first-order chi connectivity index (χ1) is 8.28. The van der Waals surface area contributed by atoms with E-state index in [9.17, 15) is 0 Å². The number of hydrogen-bond donors (Lipinski definition) is 1. The van der Waals surface area contributed by atoms with Crippen LogP contribution in [0.25, 0.3) is 0 Å². The fourth-order valence-electron chi connectivity index (χ4n) is 2.67. The second-order valence-corrected chi connectivity index (χ2v) is 5.22. The molecule has 1 aliphatic heterocycles. The zero-order chi connectivity index (χ0) is 12.1. The number of benzene rings is 1. The van der Waals surface area contributed by atoms with Crippen LogP contribution in [-0.4, -0.2) is 18.0 Å². The lowest BCUT2D eigenvalue weighted by Gasteiger charge is -2.20. The predicted octanol–water partition coefficient (Wildman–Crippen LogP) is 3.28. The molecule has 2 N–H and O–H groups in total. The number of likely N-dealkylation sites (tertiary alicyclic amines) is 1. The van der Waals surface area contributed by atoms with Crippen molar-refractivity contribution in [3.63, 3.8) is 0 Å². The number of nitrogens with two attached hydrogens (primary N) is 1. The number of rotatable bonds is 3. The van der Waals surface area contributed by atoms with E-state index in [1.165, 1.54) is 44.3 Å². The molecule has 0 aromatic heterocycles. The van der Waals surface area contributed by atoms with E-state index >= 15 is 0 Å². The van der Waals surface area contributed by atoms with Crippen molar-refractivity contribution in [2.24, 2.45) is 5.92 Å². The zero-order valence-corrected chi connectivity index (χ0v) is 10.9. The first-order valence-electron chi connectivity index (χ1n) is 6.84. The van der Waals surface area contributed by atoms with Crippen molar-refractivity contribution in [1.29, 1.82) is 0 Å². The summed E-state index contributed by atoms with van der Waals surface area (Å²) in [4.78, 5) is 2.58. The van der Waals surface area contributed by atoms with Crippen LogP contribution < -0.4 is 5.73 Å². The smallest absolute Gasteiger partial charge is 0.0314 e. The molecule has 2 heteroatoms. The van der Waals surface area contributed by atoms with Crippen LogP contribution in [0.4, 0.5) is 5.69 Å². The highest BCUT2D eigenvalue weighted by Gasteiger charge is 2.15. The Hall–Kier alpha value is -1.02. The molecule has 0 radical (unpaired) electrons. The maximum absolute atomic E-state index is 5.71. The van der Waals surface area contributed by atoms with Gasteiger partial charge in [-0.05, 0) is 56.0 Å². The van der Waals surface area contributed by atoms with Crippen molar-refractivity contribution in [3.05, 3.63) is 29.8 Å². The molecule has 1 saturated heterocycles. The number of hydrogen-bond acceptors (Lipinski definition) is 2. The minimum absolute atomic E-state index is 0.857. The normalized spacial score (nSPS) is 22.3. The van der Waals surface area contributed by atoms with Crippen LogP contribution in [0.15, 0.2) is 24.3 Å².